The van der Waals surface area contributed by atoms with Crippen LogP contribution in [0.3, 0.4) is 0 Å². The number of phenolic OH excluding ortho intramolecular Hbond substituents is 1. The molecule has 3 N–H and O–H groups in total. The van der Waals surface area contributed by atoms with Gasteiger partial charge in [0.05, 0.1) is 26.9 Å². The van der Waals surface area contributed by atoms with Gasteiger partial charge in [0.15, 0.2) is 11.5 Å². The fourth-order valence-corrected chi connectivity index (χ4v) is 3.88. The Balaban J connectivity index is 1.93. The molecule has 0 saturated carbocycles. The fourth-order valence-electron chi connectivity index (χ4n) is 3.88. The summed E-state index contributed by atoms with van der Waals surface area (Å²) in [6.07, 6.45) is 0.411. The molecule has 0 spiro atoms. The minimum atomic E-state index is -0.853. The zero-order valence-corrected chi connectivity index (χ0v) is 20.1. The van der Waals surface area contributed by atoms with Crippen LogP contribution in [0, 0.1) is 6.92 Å². The SMILES string of the molecule is COc1cc([C@H](CC(=O)NCCc2ccc(O)cc2)c2c(O)cc(C)oc2=O)cc(OC)c1OC. The highest BCUT2D eigenvalue weighted by molar-refractivity contribution is 5.78. The summed E-state index contributed by atoms with van der Waals surface area (Å²) in [7, 11) is 4.40. The van der Waals surface area contributed by atoms with Gasteiger partial charge in [-0.2, -0.15) is 0 Å². The first-order chi connectivity index (χ1) is 16.8. The van der Waals surface area contributed by atoms with E-state index in [0.29, 0.717) is 35.8 Å². The molecule has 1 amide bonds. The third-order valence-corrected chi connectivity index (χ3v) is 5.59. The molecule has 0 aliphatic heterocycles. The van der Waals surface area contributed by atoms with E-state index in [-0.39, 0.29) is 35.2 Å². The molecular formula is C26H29NO8. The van der Waals surface area contributed by atoms with E-state index in [1.165, 1.54) is 27.4 Å². The first-order valence-electron chi connectivity index (χ1n) is 11.0. The van der Waals surface area contributed by atoms with Gasteiger partial charge in [-0.15, -0.1) is 0 Å². The van der Waals surface area contributed by atoms with E-state index >= 15 is 0 Å². The number of carbonyl (C=O) groups is 1. The van der Waals surface area contributed by atoms with Gasteiger partial charge in [-0.05, 0) is 48.7 Å². The molecule has 9 heteroatoms. The summed E-state index contributed by atoms with van der Waals surface area (Å²) in [6.45, 7) is 1.90. The number of ether oxygens (including phenoxy) is 3. The number of benzene rings is 2. The van der Waals surface area contributed by atoms with Crippen molar-refractivity contribution in [2.75, 3.05) is 27.9 Å². The zero-order chi connectivity index (χ0) is 25.5. The lowest BCUT2D eigenvalue weighted by Gasteiger charge is -2.21. The molecular weight excluding hydrogens is 454 g/mol. The minimum absolute atomic E-state index is 0.0430. The highest BCUT2D eigenvalue weighted by atomic mass is 16.5. The number of hydrogen-bond donors (Lipinski definition) is 3. The Morgan fingerprint density at radius 1 is 1.00 bits per heavy atom. The Morgan fingerprint density at radius 3 is 2.17 bits per heavy atom. The summed E-state index contributed by atoms with van der Waals surface area (Å²) in [5.74, 6) is 0.00801. The molecule has 0 aliphatic rings. The highest BCUT2D eigenvalue weighted by Crippen LogP contribution is 2.42. The molecule has 9 nitrogen and oxygen atoms in total. The molecule has 0 unspecified atom stereocenters. The second kappa shape index (κ2) is 11.3. The molecule has 1 aromatic heterocycles. The van der Waals surface area contributed by atoms with Crippen LogP contribution in [-0.2, 0) is 11.2 Å². The molecule has 0 fully saturated rings. The van der Waals surface area contributed by atoms with Crippen LogP contribution in [0.15, 0.2) is 51.7 Å². The van der Waals surface area contributed by atoms with Crippen LogP contribution in [-0.4, -0.2) is 44.0 Å². The van der Waals surface area contributed by atoms with Gasteiger partial charge in [-0.3, -0.25) is 4.79 Å². The molecule has 35 heavy (non-hydrogen) atoms. The van der Waals surface area contributed by atoms with Gasteiger partial charge in [0, 0.05) is 24.9 Å². The van der Waals surface area contributed by atoms with Crippen LogP contribution in [0.1, 0.15) is 34.8 Å². The van der Waals surface area contributed by atoms with Crippen LogP contribution in [0.4, 0.5) is 0 Å². The quantitative estimate of drug-likeness (QED) is 0.401. The highest BCUT2D eigenvalue weighted by Gasteiger charge is 2.28. The molecule has 0 radical (unpaired) electrons. The predicted molar refractivity (Wildman–Crippen MR) is 129 cm³/mol. The smallest absolute Gasteiger partial charge is 0.343 e. The van der Waals surface area contributed by atoms with E-state index in [2.05, 4.69) is 5.32 Å². The Bertz CT molecular complexity index is 1210. The van der Waals surface area contributed by atoms with Crippen molar-refractivity contribution < 1.29 is 33.6 Å². The Kier molecular flexibility index (Phi) is 8.25. The van der Waals surface area contributed by atoms with Gasteiger partial charge in [-0.25, -0.2) is 4.79 Å². The molecule has 186 valence electrons. The first-order valence-corrected chi connectivity index (χ1v) is 11.0. The summed E-state index contributed by atoms with van der Waals surface area (Å²) in [4.78, 5) is 25.7. The van der Waals surface area contributed by atoms with Crippen LogP contribution >= 0.6 is 0 Å². The van der Waals surface area contributed by atoms with Crippen molar-refractivity contribution in [1.82, 2.24) is 5.32 Å². The number of aromatic hydroxyl groups is 2. The number of nitrogens with one attached hydrogen (secondary N) is 1. The van der Waals surface area contributed by atoms with Gasteiger partial charge in [0.1, 0.15) is 17.3 Å². The average molecular weight is 484 g/mol. The van der Waals surface area contributed by atoms with Crippen molar-refractivity contribution in [3.63, 3.8) is 0 Å². The van der Waals surface area contributed by atoms with Crippen molar-refractivity contribution in [1.29, 1.82) is 0 Å². The molecule has 2 aromatic carbocycles. The summed E-state index contributed by atoms with van der Waals surface area (Å²) in [5, 5.41) is 22.9. The molecule has 1 heterocycles. The lowest BCUT2D eigenvalue weighted by Crippen LogP contribution is -2.28. The second-order valence-corrected chi connectivity index (χ2v) is 7.93. The number of hydrogen-bond acceptors (Lipinski definition) is 8. The molecule has 0 saturated heterocycles. The van der Waals surface area contributed by atoms with E-state index in [0.717, 1.165) is 5.56 Å². The number of rotatable bonds is 10. The van der Waals surface area contributed by atoms with E-state index in [9.17, 15) is 19.8 Å². The molecule has 0 aliphatic carbocycles. The maximum atomic E-state index is 12.9. The predicted octanol–water partition coefficient (Wildman–Crippen LogP) is 3.27. The second-order valence-electron chi connectivity index (χ2n) is 7.93. The van der Waals surface area contributed by atoms with Gasteiger partial charge in [0.2, 0.25) is 11.7 Å². The normalized spacial score (nSPS) is 11.5. The van der Waals surface area contributed by atoms with Crippen molar-refractivity contribution >= 4 is 5.91 Å². The van der Waals surface area contributed by atoms with Crippen LogP contribution in [0.2, 0.25) is 0 Å². The van der Waals surface area contributed by atoms with Crippen LogP contribution in [0.5, 0.6) is 28.7 Å². The standard InChI is InChI=1S/C26H29NO8/c1-15-11-20(29)24(26(31)35-15)19(17-12-21(32-2)25(34-4)22(13-17)33-3)14-23(30)27-10-9-16-5-7-18(28)8-6-16/h5-8,11-13,19,28-29H,9-10,14H2,1-4H3,(H,27,30)/t19-/m0/s1. The largest absolute Gasteiger partial charge is 0.508 e. The van der Waals surface area contributed by atoms with E-state index < -0.39 is 11.5 Å². The van der Waals surface area contributed by atoms with Crippen LogP contribution in [0.25, 0.3) is 0 Å². The molecule has 3 aromatic rings. The lowest BCUT2D eigenvalue weighted by molar-refractivity contribution is -0.121. The topological polar surface area (TPSA) is 127 Å². The number of methoxy groups -OCH3 is 3. The van der Waals surface area contributed by atoms with Crippen molar-refractivity contribution in [3.05, 3.63) is 75.3 Å². The third-order valence-electron chi connectivity index (χ3n) is 5.59. The van der Waals surface area contributed by atoms with Gasteiger partial charge < -0.3 is 34.2 Å². The Morgan fingerprint density at radius 2 is 1.63 bits per heavy atom. The molecule has 3 rings (SSSR count). The van der Waals surface area contributed by atoms with Gasteiger partial charge in [-0.1, -0.05) is 12.1 Å². The summed E-state index contributed by atoms with van der Waals surface area (Å²) >= 11 is 0. The summed E-state index contributed by atoms with van der Waals surface area (Å²) in [5.41, 5.74) is 0.664. The Labute approximate surface area is 202 Å². The van der Waals surface area contributed by atoms with Gasteiger partial charge in [0.25, 0.3) is 0 Å². The Hall–Kier alpha value is -4.14. The number of amides is 1. The monoisotopic (exact) mass is 483 g/mol. The van der Waals surface area contributed by atoms with Crippen molar-refractivity contribution in [2.45, 2.75) is 25.7 Å². The maximum Gasteiger partial charge on any atom is 0.343 e. The lowest BCUT2D eigenvalue weighted by atomic mass is 9.88. The maximum absolute atomic E-state index is 12.9. The fraction of sp³-hybridized carbons (Fsp3) is 0.308. The van der Waals surface area contributed by atoms with Gasteiger partial charge >= 0.3 is 5.63 Å². The van der Waals surface area contributed by atoms with E-state index in [1.54, 1.807) is 43.3 Å². The van der Waals surface area contributed by atoms with E-state index in [4.69, 9.17) is 18.6 Å². The summed E-state index contributed by atoms with van der Waals surface area (Å²) in [6, 6.07) is 11.3. The first kappa shape index (κ1) is 25.5. The van der Waals surface area contributed by atoms with Crippen molar-refractivity contribution in [3.8, 4) is 28.7 Å². The van der Waals surface area contributed by atoms with Crippen LogP contribution < -0.4 is 25.2 Å². The molecule has 0 bridgehead atoms. The summed E-state index contributed by atoms with van der Waals surface area (Å²) < 4.78 is 21.4. The number of aryl methyl sites for hydroxylation is 1. The number of carbonyl (C=O) groups excluding carboxylic acids is 1. The third kappa shape index (κ3) is 6.06. The average Bonchev–Trinajstić information content (AvgIpc) is 2.83. The molecule has 1 atom stereocenters. The minimum Gasteiger partial charge on any atom is -0.508 e. The van der Waals surface area contributed by atoms with Crippen molar-refractivity contribution in [2.24, 2.45) is 0 Å². The zero-order valence-electron chi connectivity index (χ0n) is 20.1. The van der Waals surface area contributed by atoms with E-state index in [1.807, 2.05) is 0 Å². The number of phenols is 1.